The van der Waals surface area contributed by atoms with Gasteiger partial charge in [0.1, 0.15) is 12.1 Å². The second kappa shape index (κ2) is 5.64. The molecule has 1 heterocycles. The third kappa shape index (κ3) is 2.87. The Morgan fingerprint density at radius 3 is 3.00 bits per heavy atom. The zero-order chi connectivity index (χ0) is 13.0. The number of aromatic nitrogens is 2. The van der Waals surface area contributed by atoms with Crippen molar-refractivity contribution in [1.82, 2.24) is 9.97 Å². The van der Waals surface area contributed by atoms with Crippen LogP contribution in [0.2, 0.25) is 0 Å². The third-order valence-corrected chi connectivity index (χ3v) is 2.62. The van der Waals surface area contributed by atoms with Crippen LogP contribution in [-0.2, 0) is 4.74 Å². The van der Waals surface area contributed by atoms with Gasteiger partial charge in [-0.2, -0.15) is 0 Å². The standard InChI is InChI=1S/C13H18N4O/c1-3-18-7-9(2)17-13-11-5-4-10(14)6-12(11)15-8-16-13/h4-6,8-9H,3,7,14H2,1-2H3,(H,15,16,17). The molecular weight excluding hydrogens is 228 g/mol. The molecule has 0 spiro atoms. The Hall–Kier alpha value is -1.88. The van der Waals surface area contributed by atoms with Crippen LogP contribution < -0.4 is 11.1 Å². The van der Waals surface area contributed by atoms with Gasteiger partial charge in [0.15, 0.2) is 0 Å². The zero-order valence-corrected chi connectivity index (χ0v) is 10.7. The highest BCUT2D eigenvalue weighted by Crippen LogP contribution is 2.21. The van der Waals surface area contributed by atoms with Crippen molar-refractivity contribution in [2.75, 3.05) is 24.3 Å². The quantitative estimate of drug-likeness (QED) is 0.790. The second-order valence-corrected chi connectivity index (χ2v) is 4.20. The Bertz CT molecular complexity index is 529. The molecule has 1 unspecified atom stereocenters. The lowest BCUT2D eigenvalue weighted by atomic mass is 10.2. The molecule has 0 aliphatic rings. The summed E-state index contributed by atoms with van der Waals surface area (Å²) in [5, 5.41) is 4.29. The highest BCUT2D eigenvalue weighted by atomic mass is 16.5. The number of hydrogen-bond acceptors (Lipinski definition) is 5. The van der Waals surface area contributed by atoms with Crippen molar-refractivity contribution < 1.29 is 4.74 Å². The van der Waals surface area contributed by atoms with Crippen LogP contribution in [0.3, 0.4) is 0 Å². The predicted octanol–water partition coefficient (Wildman–Crippen LogP) is 2.05. The summed E-state index contributed by atoms with van der Waals surface area (Å²) in [6, 6.07) is 5.82. The minimum Gasteiger partial charge on any atom is -0.399 e. The van der Waals surface area contributed by atoms with E-state index in [2.05, 4.69) is 22.2 Å². The second-order valence-electron chi connectivity index (χ2n) is 4.20. The summed E-state index contributed by atoms with van der Waals surface area (Å²) in [7, 11) is 0. The number of benzene rings is 1. The van der Waals surface area contributed by atoms with Crippen LogP contribution in [0, 0.1) is 0 Å². The van der Waals surface area contributed by atoms with Crippen molar-refractivity contribution in [3.05, 3.63) is 24.5 Å². The van der Waals surface area contributed by atoms with Crippen LogP contribution in [-0.4, -0.2) is 29.2 Å². The number of nitrogens with one attached hydrogen (secondary N) is 1. The minimum absolute atomic E-state index is 0.195. The number of ether oxygens (including phenoxy) is 1. The number of hydrogen-bond donors (Lipinski definition) is 2. The van der Waals surface area contributed by atoms with Crippen molar-refractivity contribution in [3.8, 4) is 0 Å². The Morgan fingerprint density at radius 1 is 1.39 bits per heavy atom. The van der Waals surface area contributed by atoms with Gasteiger partial charge in [-0.1, -0.05) is 0 Å². The van der Waals surface area contributed by atoms with E-state index >= 15 is 0 Å². The van der Waals surface area contributed by atoms with Crippen LogP contribution >= 0.6 is 0 Å². The van der Waals surface area contributed by atoms with Gasteiger partial charge in [-0.05, 0) is 32.0 Å². The molecule has 2 rings (SSSR count). The fourth-order valence-corrected chi connectivity index (χ4v) is 1.76. The van der Waals surface area contributed by atoms with E-state index in [9.17, 15) is 0 Å². The first kappa shape index (κ1) is 12.6. The largest absolute Gasteiger partial charge is 0.399 e. The van der Waals surface area contributed by atoms with Crippen molar-refractivity contribution in [1.29, 1.82) is 0 Å². The lowest BCUT2D eigenvalue weighted by Crippen LogP contribution is -2.22. The highest BCUT2D eigenvalue weighted by molar-refractivity contribution is 5.90. The Balaban J connectivity index is 2.22. The molecule has 0 saturated carbocycles. The van der Waals surface area contributed by atoms with Gasteiger partial charge in [0.2, 0.25) is 0 Å². The van der Waals surface area contributed by atoms with E-state index in [1.807, 2.05) is 25.1 Å². The molecule has 1 atom stereocenters. The molecule has 0 radical (unpaired) electrons. The summed E-state index contributed by atoms with van der Waals surface area (Å²) < 4.78 is 5.37. The minimum atomic E-state index is 0.195. The highest BCUT2D eigenvalue weighted by Gasteiger charge is 2.07. The smallest absolute Gasteiger partial charge is 0.137 e. The van der Waals surface area contributed by atoms with E-state index in [-0.39, 0.29) is 6.04 Å². The number of nitrogens with zero attached hydrogens (tertiary/aromatic N) is 2. The van der Waals surface area contributed by atoms with E-state index in [4.69, 9.17) is 10.5 Å². The van der Waals surface area contributed by atoms with Crippen molar-refractivity contribution in [2.24, 2.45) is 0 Å². The summed E-state index contributed by atoms with van der Waals surface area (Å²) in [6.45, 7) is 5.40. The molecule has 0 fully saturated rings. The van der Waals surface area contributed by atoms with Crippen molar-refractivity contribution >= 4 is 22.4 Å². The topological polar surface area (TPSA) is 73.1 Å². The van der Waals surface area contributed by atoms with Gasteiger partial charge < -0.3 is 15.8 Å². The van der Waals surface area contributed by atoms with Crippen LogP contribution in [0.15, 0.2) is 24.5 Å². The molecule has 0 aliphatic heterocycles. The van der Waals surface area contributed by atoms with Gasteiger partial charge in [-0.3, -0.25) is 0 Å². The van der Waals surface area contributed by atoms with Gasteiger partial charge in [0.05, 0.1) is 12.1 Å². The average Bonchev–Trinajstić information content (AvgIpc) is 2.36. The SMILES string of the molecule is CCOCC(C)Nc1ncnc2cc(N)ccc12. The summed E-state index contributed by atoms with van der Waals surface area (Å²) in [5.74, 6) is 0.812. The Kier molecular flexibility index (Phi) is 3.94. The number of fused-ring (bicyclic) bond motifs is 1. The normalized spacial score (nSPS) is 12.6. The molecule has 96 valence electrons. The predicted molar refractivity (Wildman–Crippen MR) is 73.5 cm³/mol. The van der Waals surface area contributed by atoms with Crippen LogP contribution in [0.25, 0.3) is 10.9 Å². The third-order valence-electron chi connectivity index (χ3n) is 2.62. The molecular formula is C13H18N4O. The van der Waals surface area contributed by atoms with Crippen molar-refractivity contribution in [2.45, 2.75) is 19.9 Å². The molecule has 1 aromatic heterocycles. The molecule has 2 aromatic rings. The van der Waals surface area contributed by atoms with Gasteiger partial charge in [0.25, 0.3) is 0 Å². The fraction of sp³-hybridized carbons (Fsp3) is 0.385. The van der Waals surface area contributed by atoms with Crippen LogP contribution in [0.1, 0.15) is 13.8 Å². The molecule has 0 bridgehead atoms. The van der Waals surface area contributed by atoms with E-state index in [0.29, 0.717) is 18.9 Å². The average molecular weight is 246 g/mol. The summed E-state index contributed by atoms with van der Waals surface area (Å²) >= 11 is 0. The van der Waals surface area contributed by atoms with E-state index < -0.39 is 0 Å². The number of nitrogen functional groups attached to an aromatic ring is 1. The monoisotopic (exact) mass is 246 g/mol. The van der Waals surface area contributed by atoms with E-state index in [0.717, 1.165) is 16.7 Å². The molecule has 0 aliphatic carbocycles. The molecule has 5 nitrogen and oxygen atoms in total. The fourth-order valence-electron chi connectivity index (χ4n) is 1.76. The molecule has 18 heavy (non-hydrogen) atoms. The first-order valence-electron chi connectivity index (χ1n) is 6.05. The number of rotatable bonds is 5. The maximum absolute atomic E-state index is 5.74. The lowest BCUT2D eigenvalue weighted by molar-refractivity contribution is 0.141. The van der Waals surface area contributed by atoms with Gasteiger partial charge >= 0.3 is 0 Å². The molecule has 0 amide bonds. The van der Waals surface area contributed by atoms with E-state index in [1.54, 1.807) is 0 Å². The van der Waals surface area contributed by atoms with Crippen molar-refractivity contribution in [3.63, 3.8) is 0 Å². The van der Waals surface area contributed by atoms with Gasteiger partial charge in [-0.15, -0.1) is 0 Å². The summed E-state index contributed by atoms with van der Waals surface area (Å²) in [5.41, 5.74) is 7.29. The first-order chi connectivity index (χ1) is 8.70. The lowest BCUT2D eigenvalue weighted by Gasteiger charge is -2.15. The molecule has 0 saturated heterocycles. The zero-order valence-electron chi connectivity index (χ0n) is 10.7. The van der Waals surface area contributed by atoms with Gasteiger partial charge in [0, 0.05) is 23.7 Å². The van der Waals surface area contributed by atoms with E-state index in [1.165, 1.54) is 6.33 Å². The molecule has 5 heteroatoms. The molecule has 3 N–H and O–H groups in total. The van der Waals surface area contributed by atoms with Crippen LogP contribution in [0.5, 0.6) is 0 Å². The molecule has 1 aromatic carbocycles. The Labute approximate surface area is 106 Å². The summed E-state index contributed by atoms with van der Waals surface area (Å²) in [6.07, 6.45) is 1.54. The maximum atomic E-state index is 5.74. The summed E-state index contributed by atoms with van der Waals surface area (Å²) in [4.78, 5) is 8.48. The maximum Gasteiger partial charge on any atom is 0.137 e. The number of nitrogens with two attached hydrogens (primary N) is 1. The first-order valence-corrected chi connectivity index (χ1v) is 6.05. The number of anilines is 2. The van der Waals surface area contributed by atoms with Gasteiger partial charge in [-0.25, -0.2) is 9.97 Å². The van der Waals surface area contributed by atoms with Crippen LogP contribution in [0.4, 0.5) is 11.5 Å². The Morgan fingerprint density at radius 2 is 2.22 bits per heavy atom.